The zero-order valence-electron chi connectivity index (χ0n) is 34.0. The molecule has 0 aliphatic carbocycles. The minimum Gasteiger partial charge on any atom is -0.444 e. The molecule has 11 nitrogen and oxygen atoms in total. The number of nitrogens with one attached hydrogen (secondary N) is 2. The number of aromatic amines is 1. The van der Waals surface area contributed by atoms with Crippen molar-refractivity contribution >= 4 is 28.7 Å². The van der Waals surface area contributed by atoms with Crippen molar-refractivity contribution in [1.29, 1.82) is 0 Å². The Kier molecular flexibility index (Phi) is 11.2. The normalized spacial score (nSPS) is 17.5. The number of rotatable bonds is 8. The van der Waals surface area contributed by atoms with Crippen molar-refractivity contribution in [1.82, 2.24) is 24.8 Å². The highest BCUT2D eigenvalue weighted by Gasteiger charge is 2.46. The molecule has 306 valence electrons. The zero-order valence-corrected chi connectivity index (χ0v) is 34.0. The van der Waals surface area contributed by atoms with Gasteiger partial charge in [0.15, 0.2) is 0 Å². The minimum absolute atomic E-state index is 0.00980. The van der Waals surface area contributed by atoms with Gasteiger partial charge in [-0.05, 0) is 132 Å². The molecule has 2 fully saturated rings. The van der Waals surface area contributed by atoms with Crippen molar-refractivity contribution in [3.63, 3.8) is 0 Å². The third-order valence-electron chi connectivity index (χ3n) is 11.8. The molecule has 0 bridgehead atoms. The molecule has 4 N–H and O–H groups in total. The quantitative estimate of drug-likeness (QED) is 0.123. The number of benzene rings is 3. The molecule has 1 unspecified atom stereocenters. The van der Waals surface area contributed by atoms with Gasteiger partial charge in [-0.2, -0.15) is 0 Å². The summed E-state index contributed by atoms with van der Waals surface area (Å²) in [5.74, 6) is -2.14. The van der Waals surface area contributed by atoms with Crippen molar-refractivity contribution in [2.24, 2.45) is 11.3 Å². The van der Waals surface area contributed by atoms with E-state index in [1.54, 1.807) is 11.8 Å². The Hall–Kier alpha value is -5.24. The van der Waals surface area contributed by atoms with Crippen LogP contribution in [0.1, 0.15) is 80.9 Å². The van der Waals surface area contributed by atoms with Gasteiger partial charge in [-0.25, -0.2) is 23.5 Å². The minimum atomic E-state index is -1.29. The van der Waals surface area contributed by atoms with Gasteiger partial charge in [0.2, 0.25) is 0 Å². The van der Waals surface area contributed by atoms with Crippen LogP contribution in [0, 0.1) is 29.9 Å². The van der Waals surface area contributed by atoms with Crippen LogP contribution in [0.3, 0.4) is 0 Å². The number of likely N-dealkylation sites (tertiary alicyclic amines) is 2. The molecule has 2 aliphatic rings. The molecule has 0 saturated carbocycles. The van der Waals surface area contributed by atoms with E-state index in [9.17, 15) is 24.2 Å². The Morgan fingerprint density at radius 1 is 0.966 bits per heavy atom. The first-order valence-corrected chi connectivity index (χ1v) is 19.8. The molecule has 7 rings (SSSR count). The predicted molar refractivity (Wildman–Crippen MR) is 219 cm³/mol. The van der Waals surface area contributed by atoms with Crippen molar-refractivity contribution in [3.8, 4) is 22.5 Å². The standard InChI is InChI=1S/C45H52F2N6O5/c1-27-34(20-32(46)21-37(27)51-41(55)33-12-11-30(19-36(33)47)44(5,6)57)39-35-22-38(50-40(35)49-26-48-39)29-9-7-28(8-10-29)23-52-16-13-45(14-17-52)15-18-53(24-31(45)25-54)42(56)58-43(2,3)4/h7-12,19-22,26,31,54,57H,13-18,23-25H2,1-6H3,(H,51,55)(H,48,49,50). The Labute approximate surface area is 337 Å². The molecule has 1 spiro atoms. The third-order valence-corrected chi connectivity index (χ3v) is 11.8. The molecule has 5 aromatic rings. The second kappa shape index (κ2) is 15.8. The number of fused-ring (bicyclic) bond motifs is 1. The number of aromatic nitrogens is 3. The first-order valence-electron chi connectivity index (χ1n) is 19.8. The van der Waals surface area contributed by atoms with E-state index in [0.717, 1.165) is 56.2 Å². The molecule has 58 heavy (non-hydrogen) atoms. The Morgan fingerprint density at radius 2 is 1.67 bits per heavy atom. The number of carbonyl (C=O) groups is 2. The molecule has 2 amide bonds. The average molecular weight is 795 g/mol. The highest BCUT2D eigenvalue weighted by Crippen LogP contribution is 2.45. The maximum absolute atomic E-state index is 15.2. The average Bonchev–Trinajstić information content (AvgIpc) is 3.61. The van der Waals surface area contributed by atoms with Crippen LogP contribution in [-0.2, 0) is 16.9 Å². The van der Waals surface area contributed by atoms with Gasteiger partial charge in [-0.15, -0.1) is 0 Å². The van der Waals surface area contributed by atoms with Gasteiger partial charge < -0.3 is 30.2 Å². The van der Waals surface area contributed by atoms with Crippen LogP contribution in [0.5, 0.6) is 0 Å². The van der Waals surface area contributed by atoms with Crippen molar-refractivity contribution in [2.75, 3.05) is 38.1 Å². The van der Waals surface area contributed by atoms with E-state index < -0.39 is 28.7 Å². The van der Waals surface area contributed by atoms with Gasteiger partial charge in [0.25, 0.3) is 5.91 Å². The van der Waals surface area contributed by atoms with E-state index in [1.807, 2.05) is 26.8 Å². The maximum atomic E-state index is 15.2. The molecule has 2 aliphatic heterocycles. The van der Waals surface area contributed by atoms with Crippen LogP contribution in [-0.4, -0.2) is 85.4 Å². The lowest BCUT2D eigenvalue weighted by atomic mass is 9.64. The number of hydrogen-bond donors (Lipinski definition) is 4. The molecular formula is C45H52F2N6O5. The van der Waals surface area contributed by atoms with Gasteiger partial charge in [-0.3, -0.25) is 9.69 Å². The highest BCUT2D eigenvalue weighted by molar-refractivity contribution is 6.06. The van der Waals surface area contributed by atoms with Gasteiger partial charge >= 0.3 is 6.09 Å². The van der Waals surface area contributed by atoms with Crippen LogP contribution in [0.2, 0.25) is 0 Å². The van der Waals surface area contributed by atoms with E-state index in [0.29, 0.717) is 46.5 Å². The summed E-state index contributed by atoms with van der Waals surface area (Å²) < 4.78 is 35.7. The first kappa shape index (κ1) is 40.9. The fraction of sp³-hybridized carbons (Fsp3) is 0.422. The van der Waals surface area contributed by atoms with Crippen molar-refractivity contribution in [2.45, 2.75) is 78.6 Å². The van der Waals surface area contributed by atoms with E-state index in [2.05, 4.69) is 49.4 Å². The molecule has 2 aromatic heterocycles. The molecule has 0 radical (unpaired) electrons. The summed E-state index contributed by atoms with van der Waals surface area (Å²) in [4.78, 5) is 42.4. The van der Waals surface area contributed by atoms with Crippen LogP contribution >= 0.6 is 0 Å². The summed E-state index contributed by atoms with van der Waals surface area (Å²) in [6.45, 7) is 14.2. The van der Waals surface area contributed by atoms with E-state index in [4.69, 9.17) is 4.74 Å². The van der Waals surface area contributed by atoms with Crippen LogP contribution < -0.4 is 5.32 Å². The summed E-state index contributed by atoms with van der Waals surface area (Å²) in [6, 6.07) is 16.7. The van der Waals surface area contributed by atoms with Crippen LogP contribution in [0.15, 0.2) is 67.0 Å². The third kappa shape index (κ3) is 8.62. The Morgan fingerprint density at radius 3 is 2.33 bits per heavy atom. The number of piperidine rings is 2. The number of nitrogens with zero attached hydrogens (tertiary/aromatic N) is 4. The molecular weight excluding hydrogens is 743 g/mol. The van der Waals surface area contributed by atoms with Gasteiger partial charge in [0.1, 0.15) is 29.2 Å². The van der Waals surface area contributed by atoms with Crippen LogP contribution in [0.25, 0.3) is 33.5 Å². The molecule has 2 saturated heterocycles. The predicted octanol–water partition coefficient (Wildman–Crippen LogP) is 8.19. The second-order valence-corrected chi connectivity index (χ2v) is 17.4. The topological polar surface area (TPSA) is 144 Å². The number of halogens is 2. The number of H-pyrrole nitrogens is 1. The smallest absolute Gasteiger partial charge is 0.410 e. The van der Waals surface area contributed by atoms with Gasteiger partial charge in [0.05, 0.1) is 16.9 Å². The number of hydrogen-bond acceptors (Lipinski definition) is 8. The Balaban J connectivity index is 1.03. The number of aliphatic hydroxyl groups is 2. The number of anilines is 1. The summed E-state index contributed by atoms with van der Waals surface area (Å²) in [5, 5.41) is 23.9. The fourth-order valence-corrected chi connectivity index (χ4v) is 8.35. The van der Waals surface area contributed by atoms with Crippen molar-refractivity contribution in [3.05, 3.63) is 101 Å². The number of aliphatic hydroxyl groups excluding tert-OH is 1. The van der Waals surface area contributed by atoms with Crippen molar-refractivity contribution < 1.29 is 33.3 Å². The zero-order chi connectivity index (χ0) is 41.6. The summed E-state index contributed by atoms with van der Waals surface area (Å²) >= 11 is 0. The summed E-state index contributed by atoms with van der Waals surface area (Å²) in [7, 11) is 0. The largest absolute Gasteiger partial charge is 0.444 e. The van der Waals surface area contributed by atoms with E-state index in [1.165, 1.54) is 50.0 Å². The lowest BCUT2D eigenvalue weighted by Gasteiger charge is -2.51. The molecule has 4 heterocycles. The number of ether oxygens (including phenoxy) is 1. The summed E-state index contributed by atoms with van der Waals surface area (Å²) in [6.07, 6.45) is 3.87. The van der Waals surface area contributed by atoms with Gasteiger partial charge in [0, 0.05) is 54.5 Å². The fourth-order valence-electron chi connectivity index (χ4n) is 8.35. The summed E-state index contributed by atoms with van der Waals surface area (Å²) in [5.41, 5.74) is 3.36. The van der Waals surface area contributed by atoms with E-state index in [-0.39, 0.29) is 35.3 Å². The first-order chi connectivity index (χ1) is 27.4. The lowest BCUT2D eigenvalue weighted by molar-refractivity contribution is -0.0501. The van der Waals surface area contributed by atoms with Crippen LogP contribution in [0.4, 0.5) is 19.3 Å². The second-order valence-electron chi connectivity index (χ2n) is 17.4. The maximum Gasteiger partial charge on any atom is 0.410 e. The SMILES string of the molecule is Cc1c(NC(=O)c2ccc(C(C)(C)O)cc2F)cc(F)cc1-c1ncnc2[nH]c(-c3ccc(CN4CCC5(CC4)CCN(C(=O)OC(C)(C)C)CC5CO)cc3)cc12. The lowest BCUT2D eigenvalue weighted by Crippen LogP contribution is -2.55. The highest BCUT2D eigenvalue weighted by atomic mass is 19.1. The molecule has 1 atom stereocenters. The molecule has 13 heteroatoms. The van der Waals surface area contributed by atoms with Gasteiger partial charge in [-0.1, -0.05) is 30.3 Å². The van der Waals surface area contributed by atoms with E-state index >= 15 is 4.39 Å². The number of amides is 2. The molecule has 3 aromatic carbocycles. The monoisotopic (exact) mass is 794 g/mol. The number of carbonyl (C=O) groups excluding carboxylic acids is 2. The Bertz CT molecular complexity index is 2320.